The van der Waals surface area contributed by atoms with Gasteiger partial charge >= 0.3 is 0 Å². The Labute approximate surface area is 126 Å². The Kier molecular flexibility index (Phi) is 2.58. The zero-order valence-electron chi connectivity index (χ0n) is 11.2. The molecule has 0 saturated carbocycles. The highest BCUT2D eigenvalue weighted by molar-refractivity contribution is 9.10. The van der Waals surface area contributed by atoms with Crippen molar-refractivity contribution in [2.75, 3.05) is 0 Å². The Morgan fingerprint density at radius 2 is 1.45 bits per heavy atom. The van der Waals surface area contributed by atoms with Crippen molar-refractivity contribution >= 4 is 48.2 Å². The molecule has 0 unspecified atom stereocenters. The van der Waals surface area contributed by atoms with Gasteiger partial charge in [-0.2, -0.15) is 0 Å². The van der Waals surface area contributed by atoms with Crippen molar-refractivity contribution in [3.8, 4) is 0 Å². The number of aryl methyl sites for hydroxylation is 1. The van der Waals surface area contributed by atoms with Gasteiger partial charge < -0.3 is 0 Å². The summed E-state index contributed by atoms with van der Waals surface area (Å²) in [5.41, 5.74) is 1.30. The third-order valence-corrected chi connectivity index (χ3v) is 4.76. The van der Waals surface area contributed by atoms with E-state index in [0.29, 0.717) is 0 Å². The van der Waals surface area contributed by atoms with E-state index < -0.39 is 0 Å². The predicted molar refractivity (Wildman–Crippen MR) is 91.4 cm³/mol. The highest BCUT2D eigenvalue weighted by Gasteiger charge is 2.06. The van der Waals surface area contributed by atoms with Crippen molar-refractivity contribution in [2.45, 2.75) is 6.92 Å². The first kappa shape index (κ1) is 11.9. The van der Waals surface area contributed by atoms with E-state index in [1.54, 1.807) is 0 Å². The summed E-state index contributed by atoms with van der Waals surface area (Å²) < 4.78 is 1.19. The molecule has 0 fully saturated rings. The van der Waals surface area contributed by atoms with Crippen LogP contribution in [0.5, 0.6) is 0 Å². The first-order valence-corrected chi connectivity index (χ1v) is 7.53. The SMILES string of the molecule is Cc1ccc2cc3c(Br)c4ccccc4cc3cc2c1. The molecule has 0 saturated heterocycles. The first-order valence-electron chi connectivity index (χ1n) is 6.74. The van der Waals surface area contributed by atoms with Gasteiger partial charge in [0.2, 0.25) is 0 Å². The normalized spacial score (nSPS) is 11.5. The van der Waals surface area contributed by atoms with Crippen LogP contribution in [0.2, 0.25) is 0 Å². The van der Waals surface area contributed by atoms with Crippen molar-refractivity contribution in [3.63, 3.8) is 0 Å². The van der Waals surface area contributed by atoms with Crippen LogP contribution in [0.4, 0.5) is 0 Å². The summed E-state index contributed by atoms with van der Waals surface area (Å²) in [5, 5.41) is 7.71. The van der Waals surface area contributed by atoms with Gasteiger partial charge in [0.25, 0.3) is 0 Å². The van der Waals surface area contributed by atoms with E-state index in [1.165, 1.54) is 42.4 Å². The van der Waals surface area contributed by atoms with E-state index in [1.807, 2.05) is 0 Å². The largest absolute Gasteiger partial charge is 0.0616 e. The Bertz CT molecular complexity index is 967. The Morgan fingerprint density at radius 1 is 0.650 bits per heavy atom. The van der Waals surface area contributed by atoms with Gasteiger partial charge in [-0.05, 0) is 73.4 Å². The standard InChI is InChI=1S/C19H13Br/c1-12-6-7-13-11-18-16(10-15(13)8-12)9-14-4-2-3-5-17(14)19(18)20/h2-11H,1H3. The highest BCUT2D eigenvalue weighted by atomic mass is 79.9. The lowest BCUT2D eigenvalue weighted by atomic mass is 9.99. The maximum Gasteiger partial charge on any atom is 0.0332 e. The average molecular weight is 321 g/mol. The van der Waals surface area contributed by atoms with Crippen LogP contribution < -0.4 is 0 Å². The van der Waals surface area contributed by atoms with Gasteiger partial charge in [-0.1, -0.05) is 48.0 Å². The molecule has 0 bridgehead atoms. The molecule has 20 heavy (non-hydrogen) atoms. The summed E-state index contributed by atoms with van der Waals surface area (Å²) in [4.78, 5) is 0. The fraction of sp³-hybridized carbons (Fsp3) is 0.0526. The van der Waals surface area contributed by atoms with Gasteiger partial charge in [-0.15, -0.1) is 0 Å². The molecule has 0 aliphatic heterocycles. The molecule has 0 N–H and O–H groups in total. The second kappa shape index (κ2) is 4.32. The van der Waals surface area contributed by atoms with Crippen molar-refractivity contribution in [3.05, 3.63) is 70.7 Å². The fourth-order valence-electron chi connectivity index (χ4n) is 2.88. The fourth-order valence-corrected chi connectivity index (χ4v) is 3.58. The lowest BCUT2D eigenvalue weighted by molar-refractivity contribution is 1.51. The summed E-state index contributed by atoms with van der Waals surface area (Å²) in [6, 6.07) is 22.0. The smallest absolute Gasteiger partial charge is 0.0332 e. The molecule has 4 aromatic rings. The van der Waals surface area contributed by atoms with Crippen molar-refractivity contribution in [1.82, 2.24) is 0 Å². The van der Waals surface area contributed by atoms with E-state index in [4.69, 9.17) is 0 Å². The number of fused-ring (bicyclic) bond motifs is 3. The molecule has 0 aromatic heterocycles. The second-order valence-electron chi connectivity index (χ2n) is 5.34. The number of hydrogen-bond acceptors (Lipinski definition) is 0. The maximum atomic E-state index is 3.78. The average Bonchev–Trinajstić information content (AvgIpc) is 2.46. The van der Waals surface area contributed by atoms with E-state index in [-0.39, 0.29) is 0 Å². The van der Waals surface area contributed by atoms with Crippen LogP contribution >= 0.6 is 15.9 Å². The minimum absolute atomic E-state index is 1.19. The molecule has 0 aliphatic rings. The Balaban J connectivity index is 2.22. The van der Waals surface area contributed by atoms with Crippen LogP contribution in [0.3, 0.4) is 0 Å². The summed E-state index contributed by atoms with van der Waals surface area (Å²) in [6.07, 6.45) is 0. The van der Waals surface area contributed by atoms with E-state index in [9.17, 15) is 0 Å². The summed E-state index contributed by atoms with van der Waals surface area (Å²) in [6.45, 7) is 2.14. The van der Waals surface area contributed by atoms with Crippen LogP contribution in [0, 0.1) is 6.92 Å². The zero-order chi connectivity index (χ0) is 13.7. The van der Waals surface area contributed by atoms with Crippen molar-refractivity contribution in [1.29, 1.82) is 0 Å². The van der Waals surface area contributed by atoms with E-state index in [2.05, 4.69) is 83.5 Å². The second-order valence-corrected chi connectivity index (χ2v) is 6.13. The lowest BCUT2D eigenvalue weighted by Crippen LogP contribution is -1.82. The molecule has 4 rings (SSSR count). The van der Waals surface area contributed by atoms with Crippen molar-refractivity contribution < 1.29 is 0 Å². The van der Waals surface area contributed by atoms with E-state index in [0.717, 1.165) is 0 Å². The molecule has 96 valence electrons. The molecule has 0 heterocycles. The summed E-state index contributed by atoms with van der Waals surface area (Å²) in [7, 11) is 0. The Morgan fingerprint density at radius 3 is 2.35 bits per heavy atom. The monoisotopic (exact) mass is 320 g/mol. The topological polar surface area (TPSA) is 0 Å². The zero-order valence-corrected chi connectivity index (χ0v) is 12.7. The summed E-state index contributed by atoms with van der Waals surface area (Å²) in [5.74, 6) is 0. The molecule has 0 amide bonds. The quantitative estimate of drug-likeness (QED) is 0.337. The van der Waals surface area contributed by atoms with Gasteiger partial charge in [-0.3, -0.25) is 0 Å². The number of rotatable bonds is 0. The van der Waals surface area contributed by atoms with Crippen LogP contribution in [-0.2, 0) is 0 Å². The molecular formula is C19H13Br. The third kappa shape index (κ3) is 1.74. The van der Waals surface area contributed by atoms with Gasteiger partial charge in [-0.25, -0.2) is 0 Å². The molecule has 0 nitrogen and oxygen atoms in total. The van der Waals surface area contributed by atoms with Gasteiger partial charge in [0.05, 0.1) is 0 Å². The van der Waals surface area contributed by atoms with Gasteiger partial charge in [0.15, 0.2) is 0 Å². The minimum atomic E-state index is 1.19. The minimum Gasteiger partial charge on any atom is -0.0616 e. The highest BCUT2D eigenvalue weighted by Crippen LogP contribution is 2.35. The number of hydrogen-bond donors (Lipinski definition) is 0. The molecule has 1 heteroatoms. The molecular weight excluding hydrogens is 308 g/mol. The van der Waals surface area contributed by atoms with Crippen molar-refractivity contribution in [2.24, 2.45) is 0 Å². The molecule has 0 aliphatic carbocycles. The summed E-state index contributed by atoms with van der Waals surface area (Å²) >= 11 is 3.78. The Hall–Kier alpha value is -1.86. The lowest BCUT2D eigenvalue weighted by Gasteiger charge is -2.08. The number of benzene rings is 4. The van der Waals surface area contributed by atoms with E-state index >= 15 is 0 Å². The molecule has 4 aromatic carbocycles. The first-order chi connectivity index (χ1) is 9.72. The van der Waals surface area contributed by atoms with Gasteiger partial charge in [0.1, 0.15) is 0 Å². The van der Waals surface area contributed by atoms with Crippen LogP contribution in [0.1, 0.15) is 5.56 Å². The maximum absolute atomic E-state index is 3.78. The molecule has 0 atom stereocenters. The van der Waals surface area contributed by atoms with Crippen LogP contribution in [0.25, 0.3) is 32.3 Å². The molecule has 0 radical (unpaired) electrons. The van der Waals surface area contributed by atoms with Crippen LogP contribution in [0.15, 0.2) is 65.1 Å². The van der Waals surface area contributed by atoms with Crippen LogP contribution in [-0.4, -0.2) is 0 Å². The third-order valence-electron chi connectivity index (χ3n) is 3.91. The molecule has 0 spiro atoms. The number of halogens is 1. The predicted octanol–water partition coefficient (Wildman–Crippen LogP) is 6.22. The van der Waals surface area contributed by atoms with Gasteiger partial charge in [0, 0.05) is 4.47 Å².